The van der Waals surface area contributed by atoms with Gasteiger partial charge in [-0.2, -0.15) is 0 Å². The molecule has 0 saturated heterocycles. The summed E-state index contributed by atoms with van der Waals surface area (Å²) in [6.45, 7) is 1.92. The average Bonchev–Trinajstić information content (AvgIpc) is 3.11. The quantitative estimate of drug-likeness (QED) is 0.800. The molecule has 2 rings (SSSR count). The van der Waals surface area contributed by atoms with Crippen LogP contribution in [0.25, 0.3) is 0 Å². The summed E-state index contributed by atoms with van der Waals surface area (Å²) in [7, 11) is -0.642. The van der Waals surface area contributed by atoms with Crippen molar-refractivity contribution in [2.75, 3.05) is 7.05 Å². The van der Waals surface area contributed by atoms with E-state index in [9.17, 15) is 13.2 Å². The van der Waals surface area contributed by atoms with Crippen molar-refractivity contribution >= 4 is 15.9 Å². The number of aryl methyl sites for hydroxylation is 2. The van der Waals surface area contributed by atoms with E-state index in [1.54, 1.807) is 7.05 Å². The van der Waals surface area contributed by atoms with Crippen molar-refractivity contribution in [1.82, 2.24) is 19.6 Å². The lowest BCUT2D eigenvalue weighted by molar-refractivity contribution is 0.0955. The molecule has 0 radical (unpaired) electrons. The number of carbonyl (C=O) groups is 1. The highest BCUT2D eigenvalue weighted by molar-refractivity contribution is 7.89. The molecule has 0 spiro atoms. The molecule has 0 fully saturated rings. The number of hydrogen-bond acceptors (Lipinski definition) is 5. The van der Waals surface area contributed by atoms with Crippen molar-refractivity contribution < 1.29 is 17.6 Å². The van der Waals surface area contributed by atoms with Crippen LogP contribution in [-0.4, -0.2) is 30.9 Å². The minimum atomic E-state index is -3.73. The first-order valence-corrected chi connectivity index (χ1v) is 8.17. The average molecular weight is 326 g/mol. The Hall–Kier alpha value is -2.13. The molecule has 0 aliphatic carbocycles. The van der Waals surface area contributed by atoms with E-state index in [0.29, 0.717) is 18.0 Å². The molecule has 2 N–H and O–H groups in total. The third kappa shape index (κ3) is 3.37. The molecule has 0 bridgehead atoms. The molecule has 0 aliphatic rings. The number of nitrogens with zero attached hydrogens (tertiary/aromatic N) is 2. The molecular weight excluding hydrogens is 308 g/mol. The summed E-state index contributed by atoms with van der Waals surface area (Å²) < 4.78 is 33.5. The summed E-state index contributed by atoms with van der Waals surface area (Å²) in [5.41, 5.74) is 0.764. The molecule has 2 heterocycles. The van der Waals surface area contributed by atoms with Gasteiger partial charge >= 0.3 is 0 Å². The largest absolute Gasteiger partial charge is 0.449 e. The van der Waals surface area contributed by atoms with Crippen LogP contribution in [0.4, 0.5) is 0 Å². The second-order valence-corrected chi connectivity index (χ2v) is 6.43. The maximum Gasteiger partial charge on any atom is 0.267 e. The molecule has 1 amide bonds. The first-order chi connectivity index (χ1) is 10.4. The van der Waals surface area contributed by atoms with Crippen molar-refractivity contribution in [3.63, 3.8) is 0 Å². The maximum atomic E-state index is 12.2. The Labute approximate surface area is 128 Å². The summed E-state index contributed by atoms with van der Waals surface area (Å²) in [4.78, 5) is 15.8. The number of hydrogen-bond donors (Lipinski definition) is 2. The topological polar surface area (TPSA) is 106 Å². The fourth-order valence-electron chi connectivity index (χ4n) is 1.88. The van der Waals surface area contributed by atoms with Gasteiger partial charge in [-0.25, -0.2) is 18.1 Å². The Balaban J connectivity index is 2.14. The first kappa shape index (κ1) is 16.2. The van der Waals surface area contributed by atoms with E-state index in [4.69, 9.17) is 4.42 Å². The molecule has 0 saturated carbocycles. The van der Waals surface area contributed by atoms with E-state index < -0.39 is 10.0 Å². The summed E-state index contributed by atoms with van der Waals surface area (Å²) in [5, 5.41) is 2.46. The van der Waals surface area contributed by atoms with E-state index in [1.807, 2.05) is 6.92 Å². The predicted molar refractivity (Wildman–Crippen MR) is 78.7 cm³/mol. The van der Waals surface area contributed by atoms with Crippen LogP contribution >= 0.6 is 0 Å². The second kappa shape index (κ2) is 6.32. The molecule has 9 heteroatoms. The van der Waals surface area contributed by atoms with Gasteiger partial charge in [-0.05, 0) is 6.07 Å². The van der Waals surface area contributed by atoms with Gasteiger partial charge < -0.3 is 14.3 Å². The van der Waals surface area contributed by atoms with E-state index >= 15 is 0 Å². The molecule has 120 valence electrons. The van der Waals surface area contributed by atoms with Crippen molar-refractivity contribution in [2.24, 2.45) is 7.05 Å². The van der Waals surface area contributed by atoms with Crippen LogP contribution in [0.1, 0.15) is 29.0 Å². The van der Waals surface area contributed by atoms with E-state index in [2.05, 4.69) is 15.0 Å². The molecule has 22 heavy (non-hydrogen) atoms. The zero-order valence-corrected chi connectivity index (χ0v) is 13.4. The van der Waals surface area contributed by atoms with E-state index in [1.165, 1.54) is 30.1 Å². The second-order valence-electron chi connectivity index (χ2n) is 4.66. The number of rotatable bonds is 6. The molecule has 8 nitrogen and oxygen atoms in total. The van der Waals surface area contributed by atoms with Crippen LogP contribution in [0.2, 0.25) is 0 Å². The molecule has 2 aromatic heterocycles. The van der Waals surface area contributed by atoms with Crippen LogP contribution < -0.4 is 10.0 Å². The van der Waals surface area contributed by atoms with Gasteiger partial charge in [0.1, 0.15) is 16.9 Å². The highest BCUT2D eigenvalue weighted by Crippen LogP contribution is 2.14. The van der Waals surface area contributed by atoms with Gasteiger partial charge in [-0.1, -0.05) is 6.92 Å². The molecule has 0 aromatic carbocycles. The number of aromatic nitrogens is 2. The zero-order chi connectivity index (χ0) is 16.3. The maximum absolute atomic E-state index is 12.2. The highest BCUT2D eigenvalue weighted by atomic mass is 32.2. The van der Waals surface area contributed by atoms with Crippen molar-refractivity contribution in [1.29, 1.82) is 0 Å². The molecule has 2 aromatic rings. The fraction of sp³-hybridized carbons (Fsp3) is 0.385. The third-order valence-corrected chi connectivity index (χ3v) is 4.46. The van der Waals surface area contributed by atoms with Gasteiger partial charge in [0.15, 0.2) is 5.89 Å². The number of amides is 1. The lowest BCUT2D eigenvalue weighted by Gasteiger charge is -2.02. The molecule has 0 unspecified atom stereocenters. The number of carbonyl (C=O) groups excluding carboxylic acids is 1. The smallest absolute Gasteiger partial charge is 0.267 e. The molecule has 0 atom stereocenters. The number of nitrogens with one attached hydrogen (secondary N) is 2. The Bertz CT molecular complexity index is 776. The lowest BCUT2D eigenvalue weighted by Crippen LogP contribution is -2.23. The van der Waals surface area contributed by atoms with E-state index in [0.717, 1.165) is 0 Å². The third-order valence-electron chi connectivity index (χ3n) is 3.09. The van der Waals surface area contributed by atoms with Crippen LogP contribution in [0.5, 0.6) is 0 Å². The number of oxazole rings is 1. The normalized spacial score (nSPS) is 11.6. The Morgan fingerprint density at radius 2 is 2.18 bits per heavy atom. The van der Waals surface area contributed by atoms with Crippen molar-refractivity contribution in [2.45, 2.75) is 24.8 Å². The predicted octanol–water partition coefficient (Wildman–Crippen LogP) is 0.414. The van der Waals surface area contributed by atoms with Crippen LogP contribution in [0.3, 0.4) is 0 Å². The summed E-state index contributed by atoms with van der Waals surface area (Å²) in [6.07, 6.45) is 3.44. The highest BCUT2D eigenvalue weighted by Gasteiger charge is 2.20. The Morgan fingerprint density at radius 1 is 1.45 bits per heavy atom. The van der Waals surface area contributed by atoms with Gasteiger partial charge in [0.25, 0.3) is 5.91 Å². The van der Waals surface area contributed by atoms with Gasteiger partial charge in [0.2, 0.25) is 10.0 Å². The minimum Gasteiger partial charge on any atom is -0.449 e. The summed E-state index contributed by atoms with van der Waals surface area (Å²) in [5.74, 6) is 0.198. The Morgan fingerprint density at radius 3 is 2.77 bits per heavy atom. The minimum absolute atomic E-state index is 0.0211. The summed E-state index contributed by atoms with van der Waals surface area (Å²) in [6, 6.07) is 1.32. The first-order valence-electron chi connectivity index (χ1n) is 6.68. The molecule has 0 aliphatic heterocycles. The van der Waals surface area contributed by atoms with Gasteiger partial charge in [-0.15, -0.1) is 0 Å². The van der Waals surface area contributed by atoms with Gasteiger partial charge in [0.05, 0.1) is 12.2 Å². The lowest BCUT2D eigenvalue weighted by atomic mass is 10.4. The monoisotopic (exact) mass is 326 g/mol. The van der Waals surface area contributed by atoms with Crippen LogP contribution in [0.15, 0.2) is 27.8 Å². The Kier molecular flexibility index (Phi) is 4.67. The van der Waals surface area contributed by atoms with Gasteiger partial charge in [0, 0.05) is 26.7 Å². The van der Waals surface area contributed by atoms with Crippen molar-refractivity contribution in [3.8, 4) is 0 Å². The number of sulfonamides is 1. The van der Waals surface area contributed by atoms with Crippen LogP contribution in [-0.2, 0) is 30.0 Å². The zero-order valence-electron chi connectivity index (χ0n) is 12.6. The van der Waals surface area contributed by atoms with E-state index in [-0.39, 0.29) is 23.0 Å². The standard InChI is InChI=1S/C13H18N4O4S/c1-4-12-16-9(8-21-12)6-15-22(19,20)10-5-11(13(18)14-2)17(3)7-10/h5,7-8,15H,4,6H2,1-3H3,(H,14,18). The van der Waals surface area contributed by atoms with Crippen LogP contribution in [0, 0.1) is 0 Å². The molecular formula is C13H18N4O4S. The van der Waals surface area contributed by atoms with Crippen molar-refractivity contribution in [3.05, 3.63) is 35.8 Å². The summed E-state index contributed by atoms with van der Waals surface area (Å²) >= 11 is 0. The SMILES string of the molecule is CCc1nc(CNS(=O)(=O)c2cc(C(=O)NC)n(C)c2)co1. The van der Waals surface area contributed by atoms with Gasteiger partial charge in [-0.3, -0.25) is 4.79 Å². The fourth-order valence-corrected chi connectivity index (χ4v) is 2.95.